The molecule has 0 saturated heterocycles. The van der Waals surface area contributed by atoms with E-state index in [1.807, 2.05) is 0 Å². The fraction of sp³-hybridized carbons (Fsp3) is 0.261. The molecule has 2 aliphatic rings. The van der Waals surface area contributed by atoms with E-state index in [9.17, 15) is 0 Å². The van der Waals surface area contributed by atoms with Gasteiger partial charge in [0.2, 0.25) is 0 Å². The average molecular weight is 612 g/mol. The highest BCUT2D eigenvalue weighted by molar-refractivity contribution is 5.97. The molecular formula is C46H45N. The summed E-state index contributed by atoms with van der Waals surface area (Å²) >= 11 is 0. The number of benzene rings is 6. The Bertz CT molecular complexity index is 2170. The van der Waals surface area contributed by atoms with Crippen molar-refractivity contribution in [2.45, 2.75) is 77.6 Å². The third-order valence-electron chi connectivity index (χ3n) is 11.5. The van der Waals surface area contributed by atoms with E-state index in [0.29, 0.717) is 0 Å². The van der Waals surface area contributed by atoms with Gasteiger partial charge in [-0.2, -0.15) is 0 Å². The van der Waals surface area contributed by atoms with E-state index in [0.717, 1.165) is 0 Å². The molecule has 6 aromatic carbocycles. The van der Waals surface area contributed by atoms with Crippen molar-refractivity contribution in [3.8, 4) is 22.3 Å². The Morgan fingerprint density at radius 3 is 1.85 bits per heavy atom. The van der Waals surface area contributed by atoms with Gasteiger partial charge in [-0.1, -0.05) is 133 Å². The van der Waals surface area contributed by atoms with Crippen molar-refractivity contribution in [2.75, 3.05) is 4.90 Å². The van der Waals surface area contributed by atoms with Crippen molar-refractivity contribution in [3.05, 3.63) is 149 Å². The molecule has 2 aliphatic carbocycles. The third kappa shape index (κ3) is 4.66. The van der Waals surface area contributed by atoms with Gasteiger partial charge in [-0.15, -0.1) is 0 Å². The van der Waals surface area contributed by atoms with E-state index in [2.05, 4.69) is 175 Å². The minimum Gasteiger partial charge on any atom is -0.310 e. The van der Waals surface area contributed by atoms with Crippen molar-refractivity contribution >= 4 is 27.8 Å². The Hall–Kier alpha value is -4.62. The normalized spacial score (nSPS) is 16.7. The topological polar surface area (TPSA) is 3.24 Å². The Labute approximate surface area is 280 Å². The van der Waals surface area contributed by atoms with E-state index in [1.165, 1.54) is 90.7 Å². The van der Waals surface area contributed by atoms with Crippen LogP contribution in [0.15, 0.2) is 121 Å². The number of hydrogen-bond donors (Lipinski definition) is 0. The van der Waals surface area contributed by atoms with Crippen molar-refractivity contribution in [2.24, 2.45) is 0 Å². The quantitative estimate of drug-likeness (QED) is 0.192. The largest absolute Gasteiger partial charge is 0.310 e. The second kappa shape index (κ2) is 10.4. The van der Waals surface area contributed by atoms with Crippen LogP contribution in [0.5, 0.6) is 0 Å². The van der Waals surface area contributed by atoms with Gasteiger partial charge >= 0.3 is 0 Å². The summed E-state index contributed by atoms with van der Waals surface area (Å²) in [7, 11) is 0. The fourth-order valence-corrected chi connectivity index (χ4v) is 8.48. The number of aryl methyl sites for hydroxylation is 1. The zero-order valence-electron chi connectivity index (χ0n) is 28.9. The maximum absolute atomic E-state index is 2.53. The molecular weight excluding hydrogens is 567 g/mol. The first-order valence-corrected chi connectivity index (χ1v) is 17.2. The van der Waals surface area contributed by atoms with Crippen LogP contribution >= 0.6 is 0 Å². The average Bonchev–Trinajstić information content (AvgIpc) is 3.30. The molecule has 0 amide bonds. The Morgan fingerprint density at radius 2 is 1.09 bits per heavy atom. The summed E-state index contributed by atoms with van der Waals surface area (Å²) in [5.74, 6) is 0. The lowest BCUT2D eigenvalue weighted by molar-refractivity contribution is 0.332. The van der Waals surface area contributed by atoms with Crippen LogP contribution in [-0.4, -0.2) is 0 Å². The SMILES string of the molecule is Cc1cc2c(cc1N(c1ccc(-c3cccc4ccccc34)cc1)c1ccc3c(c1)C(C)(C)c1ccccc1-3)C(C)(C)CCC2(C)C. The number of nitrogens with zero attached hydrogens (tertiary/aromatic N) is 1. The van der Waals surface area contributed by atoms with Gasteiger partial charge in [0, 0.05) is 22.5 Å². The Morgan fingerprint density at radius 1 is 0.489 bits per heavy atom. The van der Waals surface area contributed by atoms with Gasteiger partial charge in [0.1, 0.15) is 0 Å². The molecule has 0 heterocycles. The second-order valence-electron chi connectivity index (χ2n) is 15.8. The number of hydrogen-bond acceptors (Lipinski definition) is 1. The van der Waals surface area contributed by atoms with Crippen LogP contribution in [-0.2, 0) is 16.2 Å². The highest BCUT2D eigenvalue weighted by atomic mass is 15.1. The first kappa shape index (κ1) is 29.8. The second-order valence-corrected chi connectivity index (χ2v) is 15.8. The Kier molecular flexibility index (Phi) is 6.61. The molecule has 0 saturated carbocycles. The van der Waals surface area contributed by atoms with Gasteiger partial charge in [-0.3, -0.25) is 0 Å². The van der Waals surface area contributed by atoms with Crippen LogP contribution in [0.25, 0.3) is 33.0 Å². The molecule has 47 heavy (non-hydrogen) atoms. The van der Waals surface area contributed by atoms with Crippen molar-refractivity contribution < 1.29 is 0 Å². The lowest BCUT2D eigenvalue weighted by Crippen LogP contribution is -2.34. The van der Waals surface area contributed by atoms with Crippen LogP contribution in [0.2, 0.25) is 0 Å². The van der Waals surface area contributed by atoms with Crippen LogP contribution in [0.4, 0.5) is 17.1 Å². The molecule has 0 aromatic heterocycles. The van der Waals surface area contributed by atoms with Crippen LogP contribution in [0.1, 0.15) is 82.2 Å². The van der Waals surface area contributed by atoms with E-state index < -0.39 is 0 Å². The smallest absolute Gasteiger partial charge is 0.0493 e. The number of rotatable bonds is 4. The van der Waals surface area contributed by atoms with E-state index in [4.69, 9.17) is 0 Å². The summed E-state index contributed by atoms with van der Waals surface area (Å²) in [5.41, 5.74) is 16.2. The lowest BCUT2D eigenvalue weighted by atomic mass is 9.63. The van der Waals surface area contributed by atoms with E-state index in [-0.39, 0.29) is 16.2 Å². The van der Waals surface area contributed by atoms with Gasteiger partial charge in [0.15, 0.2) is 0 Å². The zero-order valence-corrected chi connectivity index (χ0v) is 28.9. The maximum Gasteiger partial charge on any atom is 0.0493 e. The van der Waals surface area contributed by atoms with Crippen LogP contribution in [0.3, 0.4) is 0 Å². The summed E-state index contributed by atoms with van der Waals surface area (Å²) in [6.07, 6.45) is 2.41. The molecule has 6 aromatic rings. The molecule has 0 fully saturated rings. The van der Waals surface area contributed by atoms with Crippen molar-refractivity contribution in [3.63, 3.8) is 0 Å². The standard InChI is InChI=1S/C46H45N/c1-30-27-41-42(45(4,5)26-25-44(41,2)3)29-43(30)47(34-23-24-38-37-16-10-11-18-39(37)46(6,7)40(38)28-34)33-21-19-32(20-22-33)36-17-12-14-31-13-8-9-15-35(31)36/h8-24,27-29H,25-26H2,1-7H3. The minimum absolute atomic E-state index is 0.0667. The molecule has 8 rings (SSSR count). The molecule has 0 spiro atoms. The van der Waals surface area contributed by atoms with Gasteiger partial charge in [0.05, 0.1) is 0 Å². The summed E-state index contributed by atoms with van der Waals surface area (Å²) in [6.45, 7) is 16.8. The molecule has 0 bridgehead atoms. The van der Waals surface area contributed by atoms with E-state index in [1.54, 1.807) is 0 Å². The molecule has 0 atom stereocenters. The monoisotopic (exact) mass is 611 g/mol. The highest BCUT2D eigenvalue weighted by Crippen LogP contribution is 2.52. The predicted molar refractivity (Wildman–Crippen MR) is 202 cm³/mol. The summed E-state index contributed by atoms with van der Waals surface area (Å²) in [4.78, 5) is 2.51. The zero-order chi connectivity index (χ0) is 32.7. The first-order valence-electron chi connectivity index (χ1n) is 17.2. The summed E-state index contributed by atoms with van der Waals surface area (Å²) in [5, 5.41) is 2.56. The van der Waals surface area contributed by atoms with Crippen LogP contribution < -0.4 is 4.90 Å². The molecule has 0 unspecified atom stereocenters. The molecule has 1 heteroatoms. The molecule has 0 aliphatic heterocycles. The third-order valence-corrected chi connectivity index (χ3v) is 11.5. The van der Waals surface area contributed by atoms with Crippen LogP contribution in [0, 0.1) is 6.92 Å². The van der Waals surface area contributed by atoms with Crippen molar-refractivity contribution in [1.82, 2.24) is 0 Å². The first-order chi connectivity index (χ1) is 22.5. The minimum atomic E-state index is -0.0667. The Balaban J connectivity index is 1.32. The molecule has 0 N–H and O–H groups in total. The maximum atomic E-state index is 2.53. The lowest BCUT2D eigenvalue weighted by Gasteiger charge is -2.43. The molecule has 234 valence electrons. The predicted octanol–water partition coefficient (Wildman–Crippen LogP) is 12.9. The number of anilines is 3. The molecule has 0 radical (unpaired) electrons. The summed E-state index contributed by atoms with van der Waals surface area (Å²) in [6, 6.07) is 45.6. The van der Waals surface area contributed by atoms with Gasteiger partial charge < -0.3 is 4.90 Å². The van der Waals surface area contributed by atoms with Crippen molar-refractivity contribution in [1.29, 1.82) is 0 Å². The fourth-order valence-electron chi connectivity index (χ4n) is 8.48. The van der Waals surface area contributed by atoms with Gasteiger partial charge in [-0.25, -0.2) is 0 Å². The number of fused-ring (bicyclic) bond motifs is 5. The summed E-state index contributed by atoms with van der Waals surface area (Å²) < 4.78 is 0. The van der Waals surface area contributed by atoms with Gasteiger partial charge in [-0.05, 0) is 122 Å². The highest BCUT2D eigenvalue weighted by Gasteiger charge is 2.39. The van der Waals surface area contributed by atoms with E-state index >= 15 is 0 Å². The van der Waals surface area contributed by atoms with Gasteiger partial charge in [0.25, 0.3) is 0 Å². The molecule has 1 nitrogen and oxygen atoms in total.